The molecule has 80 valence electrons. The molecule has 0 aliphatic rings. The van der Waals surface area contributed by atoms with E-state index in [1.807, 2.05) is 0 Å². The average Bonchev–Trinajstić information content (AvgIpc) is 2.29. The van der Waals surface area contributed by atoms with E-state index in [4.69, 9.17) is 5.26 Å². The Labute approximate surface area is 95.7 Å². The number of benzene rings is 2. The van der Waals surface area contributed by atoms with Gasteiger partial charge in [0, 0.05) is 7.05 Å². The molecule has 0 fully saturated rings. The van der Waals surface area contributed by atoms with Crippen LogP contribution in [0.5, 0.6) is 0 Å². The van der Waals surface area contributed by atoms with E-state index < -0.39 is 0 Å². The second-order valence-corrected chi connectivity index (χ2v) is 4.14. The Balaban J connectivity index is 2.38. The number of nitrogens with zero attached hydrogens (tertiary/aromatic N) is 2. The van der Waals surface area contributed by atoms with Crippen LogP contribution in [0, 0.1) is 18.4 Å². The first kappa shape index (κ1) is 10.5. The Hall–Kier alpha value is -2.01. The lowest BCUT2D eigenvalue weighted by molar-refractivity contribution is 0.470. The first-order valence-corrected chi connectivity index (χ1v) is 5.29. The van der Waals surface area contributed by atoms with Crippen molar-refractivity contribution in [1.82, 2.24) is 4.90 Å². The molecule has 2 rings (SSSR count). The minimum Gasteiger partial charge on any atom is -0.309 e. The summed E-state index contributed by atoms with van der Waals surface area (Å²) in [5, 5.41) is 11.2. The lowest BCUT2D eigenvalue weighted by atomic mass is 10.0. The third kappa shape index (κ3) is 2.14. The van der Waals surface area contributed by atoms with E-state index in [2.05, 4.69) is 49.5 Å². The van der Waals surface area contributed by atoms with Crippen molar-refractivity contribution in [1.29, 1.82) is 5.26 Å². The number of fused-ring (bicyclic) bond motifs is 1. The summed E-state index contributed by atoms with van der Waals surface area (Å²) in [6.45, 7) is 2.76. The predicted octanol–water partition coefficient (Wildman–Crippen LogP) is 3.06. The van der Waals surface area contributed by atoms with Gasteiger partial charge in [-0.25, -0.2) is 0 Å². The highest BCUT2D eigenvalue weighted by Gasteiger charge is 1.99. The Morgan fingerprint density at radius 2 is 1.81 bits per heavy atom. The van der Waals surface area contributed by atoms with Crippen molar-refractivity contribution < 1.29 is 0 Å². The molecule has 2 heteroatoms. The third-order valence-electron chi connectivity index (χ3n) is 2.65. The molecule has 0 saturated carbocycles. The maximum Gasteiger partial charge on any atom is 0.179 e. The molecule has 0 spiro atoms. The van der Waals surface area contributed by atoms with Crippen molar-refractivity contribution in [2.24, 2.45) is 0 Å². The molecule has 0 saturated heterocycles. The monoisotopic (exact) mass is 210 g/mol. The summed E-state index contributed by atoms with van der Waals surface area (Å²) in [5.74, 6) is 0. The van der Waals surface area contributed by atoms with Crippen LogP contribution in [-0.4, -0.2) is 11.9 Å². The number of nitriles is 1. The highest BCUT2D eigenvalue weighted by atomic mass is 15.1. The zero-order valence-corrected chi connectivity index (χ0v) is 9.57. The second kappa shape index (κ2) is 4.24. The lowest BCUT2D eigenvalue weighted by Crippen LogP contribution is -2.09. The van der Waals surface area contributed by atoms with Gasteiger partial charge in [-0.2, -0.15) is 5.26 Å². The Bertz CT molecular complexity index is 552. The molecule has 0 amide bonds. The molecule has 0 atom stereocenters. The number of aryl methyl sites for hydroxylation is 1. The van der Waals surface area contributed by atoms with Gasteiger partial charge in [-0.15, -0.1) is 0 Å². The molecular weight excluding hydrogens is 196 g/mol. The molecule has 0 heterocycles. The predicted molar refractivity (Wildman–Crippen MR) is 65.8 cm³/mol. The van der Waals surface area contributed by atoms with E-state index in [1.165, 1.54) is 21.9 Å². The van der Waals surface area contributed by atoms with Crippen molar-refractivity contribution >= 4 is 10.8 Å². The molecule has 2 aromatic carbocycles. The largest absolute Gasteiger partial charge is 0.309 e. The Morgan fingerprint density at radius 3 is 2.56 bits per heavy atom. The summed E-state index contributed by atoms with van der Waals surface area (Å²) in [6.07, 6.45) is 2.10. The molecule has 0 aliphatic heterocycles. The van der Waals surface area contributed by atoms with Gasteiger partial charge in [-0.3, -0.25) is 0 Å². The molecule has 0 N–H and O–H groups in total. The minimum absolute atomic E-state index is 0.667. The number of hydrogen-bond acceptors (Lipinski definition) is 2. The van der Waals surface area contributed by atoms with Crippen LogP contribution < -0.4 is 0 Å². The molecule has 0 unspecified atom stereocenters. The van der Waals surface area contributed by atoms with Gasteiger partial charge in [-0.1, -0.05) is 35.9 Å². The summed E-state index contributed by atoms with van der Waals surface area (Å²) < 4.78 is 0. The molecule has 16 heavy (non-hydrogen) atoms. The van der Waals surface area contributed by atoms with Crippen LogP contribution in [0.4, 0.5) is 0 Å². The summed E-state index contributed by atoms with van der Waals surface area (Å²) in [7, 11) is 1.79. The first-order valence-electron chi connectivity index (χ1n) is 5.29. The van der Waals surface area contributed by atoms with Gasteiger partial charge in [0.1, 0.15) is 0 Å². The van der Waals surface area contributed by atoms with Gasteiger partial charge in [-0.05, 0) is 29.3 Å². The maximum atomic E-state index is 8.72. The highest BCUT2D eigenvalue weighted by Crippen LogP contribution is 2.18. The first-order chi connectivity index (χ1) is 7.69. The van der Waals surface area contributed by atoms with Gasteiger partial charge < -0.3 is 4.90 Å². The molecule has 2 nitrogen and oxygen atoms in total. The smallest absolute Gasteiger partial charge is 0.179 e. The van der Waals surface area contributed by atoms with Gasteiger partial charge in [0.25, 0.3) is 0 Å². The molecule has 2 aromatic rings. The van der Waals surface area contributed by atoms with Crippen molar-refractivity contribution in [3.8, 4) is 6.19 Å². The molecule has 0 aromatic heterocycles. The van der Waals surface area contributed by atoms with Crippen LogP contribution in [0.1, 0.15) is 11.1 Å². The van der Waals surface area contributed by atoms with Crippen LogP contribution in [-0.2, 0) is 6.54 Å². The SMILES string of the molecule is Cc1ccc2cc(CN(C)C#N)ccc2c1. The third-order valence-corrected chi connectivity index (χ3v) is 2.65. The standard InChI is InChI=1S/C14H14N2/c1-11-3-5-14-8-12(9-16(2)10-15)4-6-13(14)7-11/h3-8H,9H2,1-2H3. The van der Waals surface area contributed by atoms with E-state index in [0.717, 1.165) is 0 Å². The number of hydrogen-bond donors (Lipinski definition) is 0. The van der Waals surface area contributed by atoms with Gasteiger partial charge in [0.15, 0.2) is 6.19 Å². The zero-order valence-electron chi connectivity index (χ0n) is 9.57. The molecule has 0 bridgehead atoms. The van der Waals surface area contributed by atoms with Gasteiger partial charge in [0.2, 0.25) is 0 Å². The summed E-state index contributed by atoms with van der Waals surface area (Å²) in [6, 6.07) is 12.7. The van der Waals surface area contributed by atoms with E-state index >= 15 is 0 Å². The maximum absolute atomic E-state index is 8.72. The van der Waals surface area contributed by atoms with Crippen molar-refractivity contribution in [3.05, 3.63) is 47.5 Å². The molecular formula is C14H14N2. The molecule has 0 aliphatic carbocycles. The molecule has 0 radical (unpaired) electrons. The van der Waals surface area contributed by atoms with Crippen LogP contribution in [0.25, 0.3) is 10.8 Å². The van der Waals surface area contributed by atoms with Gasteiger partial charge >= 0.3 is 0 Å². The van der Waals surface area contributed by atoms with Crippen molar-refractivity contribution in [2.45, 2.75) is 13.5 Å². The van der Waals surface area contributed by atoms with Gasteiger partial charge in [0.05, 0.1) is 6.54 Å². The summed E-state index contributed by atoms with van der Waals surface area (Å²) >= 11 is 0. The van der Waals surface area contributed by atoms with Crippen molar-refractivity contribution in [2.75, 3.05) is 7.05 Å². The average molecular weight is 210 g/mol. The Kier molecular flexibility index (Phi) is 2.78. The van der Waals surface area contributed by atoms with E-state index in [-0.39, 0.29) is 0 Å². The van der Waals surface area contributed by atoms with Crippen LogP contribution in [0.15, 0.2) is 36.4 Å². The lowest BCUT2D eigenvalue weighted by Gasteiger charge is -2.09. The topological polar surface area (TPSA) is 27.0 Å². The normalized spacial score (nSPS) is 10.1. The minimum atomic E-state index is 0.667. The van der Waals surface area contributed by atoms with Crippen LogP contribution >= 0.6 is 0 Å². The zero-order chi connectivity index (χ0) is 11.5. The Morgan fingerprint density at radius 1 is 1.12 bits per heavy atom. The summed E-state index contributed by atoms with van der Waals surface area (Å²) in [5.41, 5.74) is 2.44. The van der Waals surface area contributed by atoms with E-state index in [0.29, 0.717) is 6.54 Å². The highest BCUT2D eigenvalue weighted by molar-refractivity contribution is 5.83. The fourth-order valence-corrected chi connectivity index (χ4v) is 1.82. The van der Waals surface area contributed by atoms with E-state index in [1.54, 1.807) is 11.9 Å². The number of rotatable bonds is 2. The fourth-order valence-electron chi connectivity index (χ4n) is 1.82. The van der Waals surface area contributed by atoms with E-state index in [9.17, 15) is 0 Å². The summed E-state index contributed by atoms with van der Waals surface area (Å²) in [4.78, 5) is 1.62. The van der Waals surface area contributed by atoms with Crippen LogP contribution in [0.2, 0.25) is 0 Å². The fraction of sp³-hybridized carbons (Fsp3) is 0.214. The second-order valence-electron chi connectivity index (χ2n) is 4.14. The van der Waals surface area contributed by atoms with Crippen LogP contribution in [0.3, 0.4) is 0 Å². The van der Waals surface area contributed by atoms with Crippen molar-refractivity contribution in [3.63, 3.8) is 0 Å². The quantitative estimate of drug-likeness (QED) is 0.562.